The molecule has 2 aromatic rings. The van der Waals surface area contributed by atoms with Gasteiger partial charge in [0, 0.05) is 21.3 Å². The van der Waals surface area contributed by atoms with Gasteiger partial charge < -0.3 is 0 Å². The normalized spacial score (nSPS) is 15.9. The zero-order valence-electron chi connectivity index (χ0n) is 10.1. The zero-order valence-corrected chi connectivity index (χ0v) is 11.7. The van der Waals surface area contributed by atoms with Gasteiger partial charge in [0.1, 0.15) is 0 Å². The molecule has 0 aromatic heterocycles. The van der Waals surface area contributed by atoms with Gasteiger partial charge in [-0.15, -0.1) is 0 Å². The molecule has 4 heteroatoms. The van der Waals surface area contributed by atoms with Crippen molar-refractivity contribution in [3.05, 3.63) is 47.5 Å². The minimum Gasteiger partial charge on any atom is -0.212 e. The average molecular weight is 276 g/mol. The van der Waals surface area contributed by atoms with E-state index in [4.69, 9.17) is 0 Å². The summed E-state index contributed by atoms with van der Waals surface area (Å²) >= 11 is 0. The highest BCUT2D eigenvalue weighted by atomic mass is 33.1. The third-order valence-electron chi connectivity index (χ3n) is 3.03. The maximum atomic E-state index is 12.3. The molecule has 1 aliphatic rings. The largest absolute Gasteiger partial charge is 0.235 e. The fourth-order valence-corrected chi connectivity index (χ4v) is 5.55. The van der Waals surface area contributed by atoms with E-state index < -0.39 is 8.87 Å². The predicted octanol–water partition coefficient (Wildman–Crippen LogP) is 3.76. The van der Waals surface area contributed by atoms with E-state index in [0.29, 0.717) is 4.90 Å². The number of rotatable bonds is 0. The van der Waals surface area contributed by atoms with Crippen LogP contribution in [0.3, 0.4) is 0 Å². The van der Waals surface area contributed by atoms with Crippen LogP contribution >= 0.6 is 10.8 Å². The second-order valence-electron chi connectivity index (χ2n) is 4.54. The van der Waals surface area contributed by atoms with Crippen molar-refractivity contribution in [2.45, 2.75) is 23.6 Å². The van der Waals surface area contributed by atoms with Gasteiger partial charge in [-0.3, -0.25) is 0 Å². The first kappa shape index (κ1) is 11.8. The third kappa shape index (κ3) is 1.76. The summed E-state index contributed by atoms with van der Waals surface area (Å²) in [4.78, 5) is 1.26. The Morgan fingerprint density at radius 2 is 1.50 bits per heavy atom. The van der Waals surface area contributed by atoms with E-state index in [-0.39, 0.29) is 0 Å². The van der Waals surface area contributed by atoms with Gasteiger partial charge in [0.25, 0.3) is 0 Å². The van der Waals surface area contributed by atoms with Gasteiger partial charge in [0.15, 0.2) is 0 Å². The summed E-state index contributed by atoms with van der Waals surface area (Å²) in [5, 5.41) is 0. The molecule has 0 saturated carbocycles. The van der Waals surface area contributed by atoms with Crippen LogP contribution in [-0.4, -0.2) is 8.42 Å². The number of aryl methyl sites for hydroxylation is 2. The average Bonchev–Trinajstić information content (AvgIpc) is 2.28. The molecule has 2 nitrogen and oxygen atoms in total. The van der Waals surface area contributed by atoms with Crippen LogP contribution in [0.15, 0.2) is 46.2 Å². The van der Waals surface area contributed by atoms with Crippen LogP contribution in [0.4, 0.5) is 0 Å². The molecule has 0 saturated heterocycles. The maximum Gasteiger partial charge on any atom is 0.235 e. The van der Waals surface area contributed by atoms with Crippen molar-refractivity contribution in [3.63, 3.8) is 0 Å². The van der Waals surface area contributed by atoms with Gasteiger partial charge in [-0.1, -0.05) is 24.3 Å². The highest BCUT2D eigenvalue weighted by Gasteiger charge is 2.28. The van der Waals surface area contributed by atoms with Crippen LogP contribution < -0.4 is 0 Å². The van der Waals surface area contributed by atoms with Crippen molar-refractivity contribution in [3.8, 4) is 11.1 Å². The molecule has 0 N–H and O–H groups in total. The second kappa shape index (κ2) is 3.87. The van der Waals surface area contributed by atoms with Gasteiger partial charge in [-0.25, -0.2) is 8.42 Å². The molecule has 0 spiro atoms. The van der Waals surface area contributed by atoms with Crippen LogP contribution in [0.2, 0.25) is 0 Å². The minimum atomic E-state index is -3.28. The van der Waals surface area contributed by atoms with Crippen LogP contribution in [0, 0.1) is 13.8 Å². The number of benzene rings is 2. The van der Waals surface area contributed by atoms with Crippen LogP contribution in [-0.2, 0) is 8.87 Å². The minimum absolute atomic E-state index is 0.434. The van der Waals surface area contributed by atoms with E-state index in [1.807, 2.05) is 44.2 Å². The lowest BCUT2D eigenvalue weighted by atomic mass is 10.0. The SMILES string of the molecule is Cc1ccc2c(c1)SS(=O)(=O)c1cc(C)ccc1-2. The Bertz CT molecular complexity index is 746. The molecule has 0 aliphatic carbocycles. The fraction of sp³-hybridized carbons (Fsp3) is 0.143. The van der Waals surface area contributed by atoms with Gasteiger partial charge in [0.05, 0.1) is 4.90 Å². The van der Waals surface area contributed by atoms with E-state index in [1.165, 1.54) is 0 Å². The monoisotopic (exact) mass is 276 g/mol. The Hall–Kier alpha value is -1.26. The molecular weight excluding hydrogens is 264 g/mol. The van der Waals surface area contributed by atoms with Crippen molar-refractivity contribution in [1.82, 2.24) is 0 Å². The van der Waals surface area contributed by atoms with Crippen LogP contribution in [0.25, 0.3) is 11.1 Å². The molecule has 0 radical (unpaired) electrons. The summed E-state index contributed by atoms with van der Waals surface area (Å²) in [6, 6.07) is 11.5. The molecule has 0 fully saturated rings. The Labute approximate surface area is 110 Å². The van der Waals surface area contributed by atoms with E-state index in [9.17, 15) is 8.42 Å². The van der Waals surface area contributed by atoms with E-state index in [2.05, 4.69) is 0 Å². The number of hydrogen-bond donors (Lipinski definition) is 0. The van der Waals surface area contributed by atoms with Crippen molar-refractivity contribution in [1.29, 1.82) is 0 Å². The lowest BCUT2D eigenvalue weighted by Gasteiger charge is -2.19. The molecule has 3 rings (SSSR count). The Kier molecular flexibility index (Phi) is 2.54. The molecule has 0 bridgehead atoms. The summed E-state index contributed by atoms with van der Waals surface area (Å²) in [6.45, 7) is 3.88. The predicted molar refractivity (Wildman–Crippen MR) is 74.4 cm³/mol. The molecule has 1 aliphatic heterocycles. The van der Waals surface area contributed by atoms with Gasteiger partial charge in [-0.2, -0.15) is 0 Å². The summed E-state index contributed by atoms with van der Waals surface area (Å²) < 4.78 is 24.5. The van der Waals surface area contributed by atoms with E-state index in [0.717, 1.165) is 37.9 Å². The molecule has 92 valence electrons. The summed E-state index contributed by atoms with van der Waals surface area (Å²) in [7, 11) is -2.33. The molecular formula is C14H12O2S2. The highest BCUT2D eigenvalue weighted by Crippen LogP contribution is 2.46. The van der Waals surface area contributed by atoms with Gasteiger partial charge in [0.2, 0.25) is 8.87 Å². The molecule has 0 atom stereocenters. The van der Waals surface area contributed by atoms with Crippen LogP contribution in [0.1, 0.15) is 11.1 Å². The summed E-state index contributed by atoms with van der Waals surface area (Å²) in [6.07, 6.45) is 0. The van der Waals surface area contributed by atoms with E-state index in [1.54, 1.807) is 6.07 Å². The van der Waals surface area contributed by atoms with Gasteiger partial charge in [-0.05, 0) is 42.7 Å². The molecule has 2 aromatic carbocycles. The van der Waals surface area contributed by atoms with E-state index >= 15 is 0 Å². The van der Waals surface area contributed by atoms with Crippen molar-refractivity contribution >= 4 is 19.7 Å². The maximum absolute atomic E-state index is 12.3. The third-order valence-corrected chi connectivity index (χ3v) is 6.38. The number of fused-ring (bicyclic) bond motifs is 3. The first-order valence-corrected chi connectivity index (χ1v) is 8.45. The quantitative estimate of drug-likeness (QED) is 0.687. The molecule has 18 heavy (non-hydrogen) atoms. The lowest BCUT2D eigenvalue weighted by molar-refractivity contribution is 0.610. The molecule has 0 unspecified atom stereocenters. The van der Waals surface area contributed by atoms with Crippen molar-refractivity contribution in [2.75, 3.05) is 0 Å². The van der Waals surface area contributed by atoms with Gasteiger partial charge >= 0.3 is 0 Å². The Morgan fingerprint density at radius 3 is 2.22 bits per heavy atom. The lowest BCUT2D eigenvalue weighted by Crippen LogP contribution is -2.05. The molecule has 1 heterocycles. The zero-order chi connectivity index (χ0) is 12.9. The Morgan fingerprint density at radius 1 is 0.889 bits per heavy atom. The first-order chi connectivity index (χ1) is 8.47. The number of hydrogen-bond acceptors (Lipinski definition) is 3. The first-order valence-electron chi connectivity index (χ1n) is 5.63. The topological polar surface area (TPSA) is 34.1 Å². The summed E-state index contributed by atoms with van der Waals surface area (Å²) in [5.41, 5.74) is 3.87. The smallest absolute Gasteiger partial charge is 0.212 e. The highest BCUT2D eigenvalue weighted by molar-refractivity contribution is 8.72. The van der Waals surface area contributed by atoms with Crippen molar-refractivity contribution in [2.24, 2.45) is 0 Å². The fourth-order valence-electron chi connectivity index (χ4n) is 2.14. The standard InChI is InChI=1S/C14H12O2S2/c1-9-3-5-11-12-6-4-10(2)8-14(12)18(15,16)17-13(11)7-9/h3-8H,1-2H3. The molecule has 0 amide bonds. The summed E-state index contributed by atoms with van der Waals surface area (Å²) in [5.74, 6) is 0. The Balaban J connectivity index is 2.39. The second-order valence-corrected chi connectivity index (χ2v) is 8.31. The van der Waals surface area contributed by atoms with Crippen LogP contribution in [0.5, 0.6) is 0 Å². The van der Waals surface area contributed by atoms with Crippen molar-refractivity contribution < 1.29 is 8.42 Å².